The van der Waals surface area contributed by atoms with Crippen molar-refractivity contribution >= 4 is 33.2 Å². The molecular formula is C25H35ClN2O5S. The second kappa shape index (κ2) is 11.3. The molecule has 2 atom stereocenters. The van der Waals surface area contributed by atoms with Crippen LogP contribution in [0, 0.1) is 6.92 Å². The number of ether oxygens (including phenoxy) is 2. The Balaban J connectivity index is 2.42. The highest BCUT2D eigenvalue weighted by Gasteiger charge is 2.33. The number of nitrogens with one attached hydrogen (secondary N) is 1. The van der Waals surface area contributed by atoms with Crippen LogP contribution in [-0.4, -0.2) is 40.8 Å². The van der Waals surface area contributed by atoms with E-state index >= 15 is 0 Å². The summed E-state index contributed by atoms with van der Waals surface area (Å²) in [6, 6.07) is 7.36. The minimum absolute atomic E-state index is 0.237. The molecule has 0 spiro atoms. The molecule has 9 heteroatoms. The van der Waals surface area contributed by atoms with Crippen LogP contribution in [0.2, 0.25) is 5.02 Å². The molecule has 0 fully saturated rings. The van der Waals surface area contributed by atoms with Gasteiger partial charge in [0.25, 0.3) is 0 Å². The zero-order valence-electron chi connectivity index (χ0n) is 21.1. The smallest absolute Gasteiger partial charge is 0.244 e. The van der Waals surface area contributed by atoms with Crippen LogP contribution in [0.1, 0.15) is 62.8 Å². The maximum atomic E-state index is 13.4. The van der Waals surface area contributed by atoms with Crippen LogP contribution in [0.5, 0.6) is 11.5 Å². The Kier molecular flexibility index (Phi) is 9.25. The van der Waals surface area contributed by atoms with E-state index in [4.69, 9.17) is 21.1 Å². The number of benzene rings is 2. The first-order valence-corrected chi connectivity index (χ1v) is 13.4. The number of aryl methyl sites for hydroxylation is 1. The Morgan fingerprint density at radius 1 is 1.06 bits per heavy atom. The van der Waals surface area contributed by atoms with Gasteiger partial charge in [0.05, 0.1) is 37.2 Å². The highest BCUT2D eigenvalue weighted by Crippen LogP contribution is 2.34. The lowest BCUT2D eigenvalue weighted by atomic mass is 9.93. The van der Waals surface area contributed by atoms with Crippen LogP contribution in [0.15, 0.2) is 30.3 Å². The molecule has 2 aromatic carbocycles. The highest BCUT2D eigenvalue weighted by atomic mass is 35.5. The normalized spacial score (nSPS) is 13.4. The quantitative estimate of drug-likeness (QED) is 0.474. The van der Waals surface area contributed by atoms with Crippen LogP contribution in [0.4, 0.5) is 5.69 Å². The summed E-state index contributed by atoms with van der Waals surface area (Å²) in [5.74, 6) is 1.07. The zero-order valence-corrected chi connectivity index (χ0v) is 22.7. The van der Waals surface area contributed by atoms with Crippen molar-refractivity contribution in [2.75, 3.05) is 24.8 Å². The molecule has 7 nitrogen and oxygen atoms in total. The number of halogens is 1. The molecule has 0 radical (unpaired) electrons. The fourth-order valence-electron chi connectivity index (χ4n) is 4.05. The average Bonchev–Trinajstić information content (AvgIpc) is 2.75. The van der Waals surface area contributed by atoms with Crippen molar-refractivity contribution in [1.82, 2.24) is 5.32 Å². The van der Waals surface area contributed by atoms with Crippen molar-refractivity contribution in [3.8, 4) is 11.5 Å². The van der Waals surface area contributed by atoms with Crippen molar-refractivity contribution < 1.29 is 22.7 Å². The van der Waals surface area contributed by atoms with E-state index < -0.39 is 22.0 Å². The lowest BCUT2D eigenvalue weighted by molar-refractivity contribution is -0.122. The van der Waals surface area contributed by atoms with E-state index in [1.165, 1.54) is 13.2 Å². The molecule has 0 saturated heterocycles. The van der Waals surface area contributed by atoms with Gasteiger partial charge in [-0.2, -0.15) is 0 Å². The molecule has 34 heavy (non-hydrogen) atoms. The molecule has 188 valence electrons. The summed E-state index contributed by atoms with van der Waals surface area (Å²) in [5, 5.41) is 3.26. The van der Waals surface area contributed by atoms with Crippen LogP contribution in [-0.2, 0) is 14.8 Å². The van der Waals surface area contributed by atoms with Gasteiger partial charge in [-0.3, -0.25) is 9.10 Å². The fraction of sp³-hybridized carbons (Fsp3) is 0.480. The van der Waals surface area contributed by atoms with Gasteiger partial charge in [0, 0.05) is 0 Å². The molecule has 0 aliphatic heterocycles. The molecule has 0 bridgehead atoms. The number of anilines is 1. The Hall–Kier alpha value is -2.45. The number of hydrogen-bond acceptors (Lipinski definition) is 5. The maximum absolute atomic E-state index is 13.4. The van der Waals surface area contributed by atoms with Gasteiger partial charge in [-0.25, -0.2) is 8.42 Å². The van der Waals surface area contributed by atoms with Gasteiger partial charge in [-0.1, -0.05) is 32.4 Å². The molecule has 0 aliphatic carbocycles. The maximum Gasteiger partial charge on any atom is 0.244 e. The van der Waals surface area contributed by atoms with Gasteiger partial charge in [0.2, 0.25) is 15.9 Å². The Labute approximate surface area is 208 Å². The Morgan fingerprint density at radius 3 is 2.15 bits per heavy atom. The lowest BCUT2D eigenvalue weighted by Crippen LogP contribution is -2.49. The molecular weight excluding hydrogens is 476 g/mol. The van der Waals surface area contributed by atoms with E-state index in [0.29, 0.717) is 11.4 Å². The van der Waals surface area contributed by atoms with Gasteiger partial charge in [-0.05, 0) is 73.2 Å². The first-order valence-electron chi connectivity index (χ1n) is 11.2. The Bertz CT molecular complexity index is 1130. The van der Waals surface area contributed by atoms with Crippen molar-refractivity contribution in [1.29, 1.82) is 0 Å². The van der Waals surface area contributed by atoms with E-state index in [1.807, 2.05) is 26.0 Å². The zero-order chi connectivity index (χ0) is 25.8. The third-order valence-electron chi connectivity index (χ3n) is 5.79. The third kappa shape index (κ3) is 6.16. The van der Waals surface area contributed by atoms with E-state index in [1.54, 1.807) is 26.2 Å². The van der Waals surface area contributed by atoms with E-state index in [2.05, 4.69) is 19.2 Å². The lowest BCUT2D eigenvalue weighted by Gasteiger charge is -2.31. The van der Waals surface area contributed by atoms with Gasteiger partial charge in [0.1, 0.15) is 17.5 Å². The van der Waals surface area contributed by atoms with E-state index in [-0.39, 0.29) is 23.4 Å². The van der Waals surface area contributed by atoms with E-state index in [0.717, 1.165) is 33.0 Å². The summed E-state index contributed by atoms with van der Waals surface area (Å²) >= 11 is 6.24. The highest BCUT2D eigenvalue weighted by molar-refractivity contribution is 7.92. The van der Waals surface area contributed by atoms with Gasteiger partial charge in [0.15, 0.2) is 0 Å². The molecule has 0 aromatic heterocycles. The first-order chi connectivity index (χ1) is 15.8. The number of sulfonamides is 1. The second-order valence-electron chi connectivity index (χ2n) is 8.64. The third-order valence-corrected chi connectivity index (χ3v) is 7.26. The molecule has 2 unspecified atom stereocenters. The molecule has 0 aliphatic rings. The number of amides is 1. The predicted molar refractivity (Wildman–Crippen MR) is 138 cm³/mol. The van der Waals surface area contributed by atoms with Crippen molar-refractivity contribution in [3.05, 3.63) is 52.0 Å². The minimum Gasteiger partial charge on any atom is -0.496 e. The van der Waals surface area contributed by atoms with Gasteiger partial charge < -0.3 is 14.8 Å². The molecule has 2 rings (SSSR count). The number of carbonyl (C=O) groups is 1. The van der Waals surface area contributed by atoms with Crippen LogP contribution in [0.25, 0.3) is 0 Å². The average molecular weight is 511 g/mol. The summed E-state index contributed by atoms with van der Waals surface area (Å²) < 4.78 is 37.3. The molecule has 0 heterocycles. The number of nitrogens with zero attached hydrogens (tertiary/aromatic N) is 1. The minimum atomic E-state index is -3.79. The van der Waals surface area contributed by atoms with Crippen LogP contribution >= 0.6 is 11.6 Å². The number of carbonyl (C=O) groups excluding carboxylic acids is 1. The number of hydrogen-bond donors (Lipinski definition) is 1. The standard InChI is InChI=1S/C25H35ClN2O5S/c1-9-22(28(34(8,30)31)18-10-11-23(32-6)21(26)13-18)25(29)27-17(5)20-14-19(15(2)3)24(33-7)12-16(20)4/h10-15,17,22H,9H2,1-8H3,(H,27,29). The monoisotopic (exact) mass is 510 g/mol. The summed E-state index contributed by atoms with van der Waals surface area (Å²) in [7, 11) is -0.671. The molecule has 0 saturated carbocycles. The second-order valence-corrected chi connectivity index (χ2v) is 10.9. The summed E-state index contributed by atoms with van der Waals surface area (Å²) in [6.45, 7) is 9.78. The topological polar surface area (TPSA) is 84.9 Å². The SMILES string of the molecule is CCC(C(=O)NC(C)c1cc(C(C)C)c(OC)cc1C)N(c1ccc(OC)c(Cl)c1)S(C)(=O)=O. The molecule has 2 aromatic rings. The van der Waals surface area contributed by atoms with Gasteiger partial charge >= 0.3 is 0 Å². The van der Waals surface area contributed by atoms with Crippen LogP contribution in [0.3, 0.4) is 0 Å². The Morgan fingerprint density at radius 2 is 1.68 bits per heavy atom. The number of rotatable bonds is 10. The van der Waals surface area contributed by atoms with Gasteiger partial charge in [-0.15, -0.1) is 0 Å². The number of methoxy groups -OCH3 is 2. The summed E-state index contributed by atoms with van der Waals surface area (Å²) in [5.41, 5.74) is 3.27. The predicted octanol–water partition coefficient (Wildman–Crippen LogP) is 5.21. The fourth-order valence-corrected chi connectivity index (χ4v) is 5.51. The first kappa shape index (κ1) is 27.8. The molecule has 1 amide bonds. The molecule has 1 N–H and O–H groups in total. The van der Waals surface area contributed by atoms with Crippen molar-refractivity contribution in [2.24, 2.45) is 0 Å². The summed E-state index contributed by atoms with van der Waals surface area (Å²) in [6.07, 6.45) is 1.35. The van der Waals surface area contributed by atoms with Crippen molar-refractivity contribution in [3.63, 3.8) is 0 Å². The largest absolute Gasteiger partial charge is 0.496 e. The summed E-state index contributed by atoms with van der Waals surface area (Å²) in [4.78, 5) is 13.4. The van der Waals surface area contributed by atoms with E-state index in [9.17, 15) is 13.2 Å². The van der Waals surface area contributed by atoms with Crippen molar-refractivity contribution in [2.45, 2.75) is 59.0 Å². The van der Waals surface area contributed by atoms with Crippen LogP contribution < -0.4 is 19.1 Å².